The zero-order chi connectivity index (χ0) is 34.9. The molecule has 0 bridgehead atoms. The molecule has 4 aromatic carbocycles. The molecule has 5 aromatic rings. The number of rotatable bonds is 14. The molecule has 3 N–H and O–H groups in total. The Morgan fingerprint density at radius 2 is 1.44 bits per heavy atom. The number of oxazole rings is 1. The number of aliphatic hydroxyl groups excluding tert-OH is 1. The number of hydrogen-bond donors (Lipinski definition) is 3. The molecule has 0 spiro atoms. The number of aromatic nitrogens is 1. The first kappa shape index (κ1) is 35.1. The number of carboxylic acid groups (broad SMARTS) is 1. The highest BCUT2D eigenvalue weighted by Crippen LogP contribution is 2.44. The van der Waals surface area contributed by atoms with Crippen molar-refractivity contribution in [3.63, 3.8) is 0 Å². The number of carbonyl (C=O) groups excluding carboxylic acids is 1. The standard InChI is InChI=1S/C40H40N2O7S/c1-26-33(25-50-40-42-36(29-9-4-2-5-10-29)38(49-40)30-11-6-3-7-12-30)47-39(48-37(26)31-19-17-28(24-43)18-20-31)32-21-15-27(16-22-32)23-41-34(44)13-8-14-35(45)46/h2-7,9-12,15-22,26,33,37,39,43H,8,13-14,23-25H2,1H3,(H,41,44)(H,45,46). The van der Waals surface area contributed by atoms with Crippen LogP contribution in [0.25, 0.3) is 22.6 Å². The number of aliphatic hydroxyl groups is 1. The molecule has 50 heavy (non-hydrogen) atoms. The highest BCUT2D eigenvalue weighted by Gasteiger charge is 2.38. The van der Waals surface area contributed by atoms with Gasteiger partial charge in [-0.25, -0.2) is 4.98 Å². The van der Waals surface area contributed by atoms with Gasteiger partial charge in [-0.3, -0.25) is 9.59 Å². The number of thioether (sulfide) groups is 1. The first-order chi connectivity index (χ1) is 24.4. The second-order valence-electron chi connectivity index (χ2n) is 12.3. The normalized spacial score (nSPS) is 18.8. The average Bonchev–Trinajstić information content (AvgIpc) is 3.59. The monoisotopic (exact) mass is 692 g/mol. The molecule has 10 heteroatoms. The van der Waals surface area contributed by atoms with E-state index in [1.54, 1.807) is 0 Å². The molecule has 258 valence electrons. The van der Waals surface area contributed by atoms with Crippen molar-refractivity contribution in [1.82, 2.24) is 10.3 Å². The summed E-state index contributed by atoms with van der Waals surface area (Å²) in [4.78, 5) is 27.8. The molecule has 0 aliphatic carbocycles. The van der Waals surface area contributed by atoms with Crippen LogP contribution in [0.1, 0.15) is 60.8 Å². The fourth-order valence-corrected chi connectivity index (χ4v) is 6.87. The van der Waals surface area contributed by atoms with E-state index < -0.39 is 12.3 Å². The van der Waals surface area contributed by atoms with Gasteiger partial charge in [-0.1, -0.05) is 128 Å². The van der Waals surface area contributed by atoms with E-state index in [1.807, 2.05) is 109 Å². The number of benzene rings is 4. The zero-order valence-electron chi connectivity index (χ0n) is 27.7. The third-order valence-electron chi connectivity index (χ3n) is 8.72. The summed E-state index contributed by atoms with van der Waals surface area (Å²) in [5.41, 5.74) is 6.29. The second kappa shape index (κ2) is 16.8. The molecule has 6 rings (SSSR count). The van der Waals surface area contributed by atoms with Crippen molar-refractivity contribution in [1.29, 1.82) is 0 Å². The first-order valence-corrected chi connectivity index (χ1v) is 17.7. The second-order valence-corrected chi connectivity index (χ2v) is 13.3. The van der Waals surface area contributed by atoms with E-state index >= 15 is 0 Å². The number of amides is 1. The van der Waals surface area contributed by atoms with Crippen LogP contribution < -0.4 is 5.32 Å². The molecule has 4 atom stereocenters. The molecular weight excluding hydrogens is 653 g/mol. The highest BCUT2D eigenvalue weighted by atomic mass is 32.2. The molecule has 1 saturated heterocycles. The maximum absolute atomic E-state index is 12.1. The van der Waals surface area contributed by atoms with Gasteiger partial charge in [0, 0.05) is 47.7 Å². The van der Waals surface area contributed by atoms with Crippen molar-refractivity contribution in [3.05, 3.63) is 131 Å². The van der Waals surface area contributed by atoms with E-state index in [-0.39, 0.29) is 43.5 Å². The van der Waals surface area contributed by atoms with Crippen molar-refractivity contribution in [2.75, 3.05) is 5.75 Å². The van der Waals surface area contributed by atoms with E-state index in [0.29, 0.717) is 23.9 Å². The van der Waals surface area contributed by atoms with Gasteiger partial charge in [0.25, 0.3) is 5.22 Å². The Balaban J connectivity index is 1.19. The predicted octanol–water partition coefficient (Wildman–Crippen LogP) is 7.96. The summed E-state index contributed by atoms with van der Waals surface area (Å²) in [5.74, 6) is 0.174. The molecule has 1 fully saturated rings. The van der Waals surface area contributed by atoms with Gasteiger partial charge in [-0.2, -0.15) is 0 Å². The van der Waals surface area contributed by atoms with Crippen LogP contribution in [0.15, 0.2) is 119 Å². The van der Waals surface area contributed by atoms with Gasteiger partial charge >= 0.3 is 5.97 Å². The van der Waals surface area contributed by atoms with E-state index in [2.05, 4.69) is 12.2 Å². The van der Waals surface area contributed by atoms with Crippen LogP contribution in [0.4, 0.5) is 0 Å². The summed E-state index contributed by atoms with van der Waals surface area (Å²) in [6.07, 6.45) is -0.712. The van der Waals surface area contributed by atoms with Crippen LogP contribution in [0.5, 0.6) is 0 Å². The molecule has 0 radical (unpaired) electrons. The van der Waals surface area contributed by atoms with Crippen molar-refractivity contribution in [2.24, 2.45) is 5.92 Å². The van der Waals surface area contributed by atoms with Gasteiger partial charge in [-0.15, -0.1) is 0 Å². The van der Waals surface area contributed by atoms with Crippen LogP contribution in [-0.4, -0.2) is 38.9 Å². The molecule has 1 aromatic heterocycles. The Labute approximate surface area is 295 Å². The van der Waals surface area contributed by atoms with Crippen molar-refractivity contribution >= 4 is 23.6 Å². The lowest BCUT2D eigenvalue weighted by Crippen LogP contribution is -2.38. The summed E-state index contributed by atoms with van der Waals surface area (Å²) in [6, 6.07) is 35.5. The average molecular weight is 693 g/mol. The zero-order valence-corrected chi connectivity index (χ0v) is 28.6. The molecule has 9 nitrogen and oxygen atoms in total. The minimum atomic E-state index is -0.910. The van der Waals surface area contributed by atoms with E-state index in [0.717, 1.165) is 44.8 Å². The Bertz CT molecular complexity index is 1790. The topological polar surface area (TPSA) is 131 Å². The van der Waals surface area contributed by atoms with Gasteiger partial charge in [0.15, 0.2) is 12.1 Å². The van der Waals surface area contributed by atoms with Crippen molar-refractivity contribution in [3.8, 4) is 22.6 Å². The number of nitrogens with one attached hydrogen (secondary N) is 1. The quantitative estimate of drug-likeness (QED) is 0.0993. The lowest BCUT2D eigenvalue weighted by molar-refractivity contribution is -0.268. The Morgan fingerprint density at radius 1 is 0.800 bits per heavy atom. The first-order valence-electron chi connectivity index (χ1n) is 16.7. The highest BCUT2D eigenvalue weighted by molar-refractivity contribution is 7.99. The molecule has 1 aliphatic rings. The molecule has 1 aliphatic heterocycles. The maximum Gasteiger partial charge on any atom is 0.303 e. The van der Waals surface area contributed by atoms with Crippen molar-refractivity contribution < 1.29 is 33.7 Å². The molecular formula is C40H40N2O7S. The van der Waals surface area contributed by atoms with Crippen LogP contribution in [0.3, 0.4) is 0 Å². The largest absolute Gasteiger partial charge is 0.481 e. The minimum absolute atomic E-state index is 0.0218. The number of hydrogen-bond acceptors (Lipinski definition) is 8. The van der Waals surface area contributed by atoms with Gasteiger partial charge in [0.2, 0.25) is 5.91 Å². The molecule has 2 heterocycles. The van der Waals surface area contributed by atoms with E-state index in [4.69, 9.17) is 24.0 Å². The number of aliphatic carboxylic acids is 1. The third kappa shape index (κ3) is 8.88. The van der Waals surface area contributed by atoms with Gasteiger partial charge in [-0.05, 0) is 23.1 Å². The minimum Gasteiger partial charge on any atom is -0.481 e. The molecule has 0 saturated carbocycles. The Hall–Kier alpha value is -4.74. The fourth-order valence-electron chi connectivity index (χ4n) is 5.88. The summed E-state index contributed by atoms with van der Waals surface area (Å²) >= 11 is 1.51. The Kier molecular flexibility index (Phi) is 11.8. The van der Waals surface area contributed by atoms with E-state index in [1.165, 1.54) is 11.8 Å². The summed E-state index contributed by atoms with van der Waals surface area (Å²) < 4.78 is 19.7. The molecule has 1 amide bonds. The Morgan fingerprint density at radius 3 is 2.10 bits per heavy atom. The van der Waals surface area contributed by atoms with Crippen LogP contribution >= 0.6 is 11.8 Å². The number of ether oxygens (including phenoxy) is 2. The summed E-state index contributed by atoms with van der Waals surface area (Å²) in [7, 11) is 0. The molecule has 4 unspecified atom stereocenters. The lowest BCUT2D eigenvalue weighted by Gasteiger charge is -2.41. The smallest absolute Gasteiger partial charge is 0.303 e. The SMILES string of the molecule is CC1C(CSc2nc(-c3ccccc3)c(-c3ccccc3)o2)OC(c2ccc(CNC(=O)CCCC(=O)O)cc2)OC1c1ccc(CO)cc1. The van der Waals surface area contributed by atoms with Gasteiger partial charge < -0.3 is 29.4 Å². The van der Waals surface area contributed by atoms with Crippen LogP contribution in [0, 0.1) is 5.92 Å². The summed E-state index contributed by atoms with van der Waals surface area (Å²) in [5, 5.41) is 21.8. The van der Waals surface area contributed by atoms with Crippen molar-refractivity contribution in [2.45, 2.75) is 63.1 Å². The number of carbonyl (C=O) groups is 2. The van der Waals surface area contributed by atoms with Gasteiger partial charge in [0.1, 0.15) is 5.69 Å². The maximum atomic E-state index is 12.1. The summed E-state index contributed by atoms with van der Waals surface area (Å²) in [6.45, 7) is 2.42. The number of carboxylic acids is 1. The van der Waals surface area contributed by atoms with Gasteiger partial charge in [0.05, 0.1) is 18.8 Å². The van der Waals surface area contributed by atoms with E-state index in [9.17, 15) is 14.7 Å². The third-order valence-corrected chi connectivity index (χ3v) is 9.64. The predicted molar refractivity (Wildman–Crippen MR) is 191 cm³/mol. The van der Waals surface area contributed by atoms with Crippen LogP contribution in [-0.2, 0) is 32.2 Å². The lowest BCUT2D eigenvalue weighted by atomic mass is 9.91. The van der Waals surface area contributed by atoms with Crippen LogP contribution in [0.2, 0.25) is 0 Å². The number of nitrogens with zero attached hydrogens (tertiary/aromatic N) is 1. The fraction of sp³-hybridized carbons (Fsp3) is 0.275.